The predicted molar refractivity (Wildman–Crippen MR) is 79.7 cm³/mol. The summed E-state index contributed by atoms with van der Waals surface area (Å²) < 4.78 is 11.1. The van der Waals surface area contributed by atoms with Gasteiger partial charge in [-0.05, 0) is 39.9 Å². The van der Waals surface area contributed by atoms with Crippen molar-refractivity contribution >= 4 is 0 Å². The van der Waals surface area contributed by atoms with Gasteiger partial charge in [0, 0.05) is 19.6 Å². The first-order chi connectivity index (χ1) is 9.22. The maximum atomic E-state index is 5.78. The Morgan fingerprint density at radius 1 is 1.26 bits per heavy atom. The Morgan fingerprint density at radius 2 is 2.00 bits per heavy atom. The number of likely N-dealkylation sites (N-methyl/N-ethyl adjacent to an activating group) is 1. The Balaban J connectivity index is 1.93. The van der Waals surface area contributed by atoms with E-state index in [1.807, 2.05) is 0 Å². The van der Waals surface area contributed by atoms with Crippen LogP contribution in [0, 0.1) is 0 Å². The van der Waals surface area contributed by atoms with Crippen LogP contribution in [0.5, 0.6) is 0 Å². The first kappa shape index (κ1) is 16.9. The van der Waals surface area contributed by atoms with Gasteiger partial charge in [-0.3, -0.25) is 4.90 Å². The van der Waals surface area contributed by atoms with Gasteiger partial charge < -0.3 is 14.4 Å². The van der Waals surface area contributed by atoms with E-state index in [9.17, 15) is 0 Å². The molecule has 0 aliphatic carbocycles. The van der Waals surface area contributed by atoms with Crippen molar-refractivity contribution in [2.24, 2.45) is 0 Å². The van der Waals surface area contributed by atoms with Gasteiger partial charge in [0.1, 0.15) is 0 Å². The van der Waals surface area contributed by atoms with Crippen molar-refractivity contribution in [3.63, 3.8) is 0 Å². The molecule has 1 fully saturated rings. The van der Waals surface area contributed by atoms with Crippen molar-refractivity contribution in [2.45, 2.75) is 39.2 Å². The lowest BCUT2D eigenvalue weighted by Crippen LogP contribution is -2.38. The smallest absolute Gasteiger partial charge is 0.0596 e. The minimum Gasteiger partial charge on any atom is -0.379 e. The van der Waals surface area contributed by atoms with Crippen LogP contribution < -0.4 is 0 Å². The number of ether oxygens (including phenoxy) is 2. The Hall–Kier alpha value is -0.160. The van der Waals surface area contributed by atoms with E-state index in [0.717, 1.165) is 46.0 Å². The highest BCUT2D eigenvalue weighted by atomic mass is 16.5. The Morgan fingerprint density at radius 3 is 2.68 bits per heavy atom. The van der Waals surface area contributed by atoms with Gasteiger partial charge in [-0.15, -0.1) is 0 Å². The second kappa shape index (κ2) is 10.6. The van der Waals surface area contributed by atoms with E-state index in [0.29, 0.717) is 6.10 Å². The Bertz CT molecular complexity index is 208. The molecule has 1 aliphatic heterocycles. The molecule has 0 saturated carbocycles. The fraction of sp³-hybridized carbons (Fsp3) is 1.00. The van der Waals surface area contributed by atoms with Gasteiger partial charge in [0.05, 0.1) is 25.9 Å². The molecule has 0 radical (unpaired) electrons. The van der Waals surface area contributed by atoms with Gasteiger partial charge in [-0.1, -0.05) is 13.3 Å². The highest BCUT2D eigenvalue weighted by Crippen LogP contribution is 2.01. The van der Waals surface area contributed by atoms with Crippen LogP contribution in [0.15, 0.2) is 0 Å². The highest BCUT2D eigenvalue weighted by Gasteiger charge is 2.10. The molecule has 1 atom stereocenters. The quantitative estimate of drug-likeness (QED) is 0.606. The van der Waals surface area contributed by atoms with Crippen molar-refractivity contribution in [3.8, 4) is 0 Å². The molecule has 0 spiro atoms. The second-order valence-electron chi connectivity index (χ2n) is 5.58. The molecule has 0 bridgehead atoms. The number of morpholine rings is 1. The van der Waals surface area contributed by atoms with E-state index >= 15 is 0 Å². The lowest BCUT2D eigenvalue weighted by Gasteiger charge is -2.27. The first-order valence-electron chi connectivity index (χ1n) is 7.82. The van der Waals surface area contributed by atoms with Gasteiger partial charge in [0.2, 0.25) is 0 Å². The highest BCUT2D eigenvalue weighted by molar-refractivity contribution is 4.63. The summed E-state index contributed by atoms with van der Waals surface area (Å²) in [7, 11) is 2.19. The number of hydrogen-bond donors (Lipinski definition) is 0. The van der Waals surface area contributed by atoms with Crippen molar-refractivity contribution in [3.05, 3.63) is 0 Å². The molecule has 4 nitrogen and oxygen atoms in total. The summed E-state index contributed by atoms with van der Waals surface area (Å²) in [5.74, 6) is 0. The number of rotatable bonds is 10. The third kappa shape index (κ3) is 8.58. The molecule has 1 aliphatic rings. The molecule has 1 heterocycles. The molecular weight excluding hydrogens is 240 g/mol. The summed E-state index contributed by atoms with van der Waals surface area (Å²) in [6, 6.07) is 0. The topological polar surface area (TPSA) is 24.9 Å². The van der Waals surface area contributed by atoms with Crippen molar-refractivity contribution in [1.82, 2.24) is 9.80 Å². The monoisotopic (exact) mass is 272 g/mol. The molecule has 1 unspecified atom stereocenters. The van der Waals surface area contributed by atoms with Crippen LogP contribution in [0.25, 0.3) is 0 Å². The average molecular weight is 272 g/mol. The SMILES string of the molecule is CCCC(C)OCCN(C)CCCN1CCOCC1. The third-order valence-electron chi connectivity index (χ3n) is 3.69. The Kier molecular flexibility index (Phi) is 9.43. The normalized spacial score (nSPS) is 18.9. The summed E-state index contributed by atoms with van der Waals surface area (Å²) in [4.78, 5) is 4.87. The fourth-order valence-corrected chi connectivity index (χ4v) is 2.40. The van der Waals surface area contributed by atoms with Crippen molar-refractivity contribution in [1.29, 1.82) is 0 Å². The molecule has 0 aromatic heterocycles. The molecule has 114 valence electrons. The summed E-state index contributed by atoms with van der Waals surface area (Å²) in [5, 5.41) is 0. The summed E-state index contributed by atoms with van der Waals surface area (Å²) in [6.07, 6.45) is 4.02. The van der Waals surface area contributed by atoms with Crippen LogP contribution in [0.3, 0.4) is 0 Å². The molecule has 0 N–H and O–H groups in total. The zero-order chi connectivity index (χ0) is 13.9. The number of hydrogen-bond acceptors (Lipinski definition) is 4. The Labute approximate surface area is 119 Å². The summed E-state index contributed by atoms with van der Waals surface area (Å²) in [6.45, 7) is 12.6. The predicted octanol–water partition coefficient (Wildman–Crippen LogP) is 1.85. The van der Waals surface area contributed by atoms with Crippen LogP contribution >= 0.6 is 0 Å². The van der Waals surface area contributed by atoms with Gasteiger partial charge >= 0.3 is 0 Å². The fourth-order valence-electron chi connectivity index (χ4n) is 2.40. The van der Waals surface area contributed by atoms with E-state index < -0.39 is 0 Å². The van der Waals surface area contributed by atoms with Crippen molar-refractivity contribution < 1.29 is 9.47 Å². The minimum atomic E-state index is 0.409. The van der Waals surface area contributed by atoms with E-state index in [-0.39, 0.29) is 0 Å². The standard InChI is InChI=1S/C15H32N2O2/c1-4-6-15(2)19-14-9-16(3)7-5-8-17-10-12-18-13-11-17/h15H,4-14H2,1-3H3. The lowest BCUT2D eigenvalue weighted by atomic mass is 10.2. The molecule has 1 saturated heterocycles. The molecule has 0 aromatic carbocycles. The average Bonchev–Trinajstić information content (AvgIpc) is 2.40. The molecule has 0 aromatic rings. The van der Waals surface area contributed by atoms with Crippen molar-refractivity contribution in [2.75, 3.05) is 59.6 Å². The molecule has 1 rings (SSSR count). The second-order valence-corrected chi connectivity index (χ2v) is 5.58. The maximum absolute atomic E-state index is 5.78. The van der Waals surface area contributed by atoms with Gasteiger partial charge in [-0.2, -0.15) is 0 Å². The maximum Gasteiger partial charge on any atom is 0.0596 e. The van der Waals surface area contributed by atoms with Gasteiger partial charge in [-0.25, -0.2) is 0 Å². The van der Waals surface area contributed by atoms with Crippen LogP contribution in [-0.2, 0) is 9.47 Å². The van der Waals surface area contributed by atoms with Crippen LogP contribution in [0.2, 0.25) is 0 Å². The summed E-state index contributed by atoms with van der Waals surface area (Å²) >= 11 is 0. The van der Waals surface area contributed by atoms with E-state index in [4.69, 9.17) is 9.47 Å². The first-order valence-corrected chi connectivity index (χ1v) is 7.82. The van der Waals surface area contributed by atoms with Gasteiger partial charge in [0.25, 0.3) is 0 Å². The zero-order valence-corrected chi connectivity index (χ0v) is 13.1. The largest absolute Gasteiger partial charge is 0.379 e. The third-order valence-corrected chi connectivity index (χ3v) is 3.69. The van der Waals surface area contributed by atoms with E-state index in [1.54, 1.807) is 0 Å². The molecule has 19 heavy (non-hydrogen) atoms. The number of nitrogens with zero attached hydrogens (tertiary/aromatic N) is 2. The zero-order valence-electron chi connectivity index (χ0n) is 13.1. The van der Waals surface area contributed by atoms with Crippen LogP contribution in [0.1, 0.15) is 33.1 Å². The van der Waals surface area contributed by atoms with E-state index in [2.05, 4.69) is 30.7 Å². The minimum absolute atomic E-state index is 0.409. The lowest BCUT2D eigenvalue weighted by molar-refractivity contribution is 0.0336. The molecule has 4 heteroatoms. The van der Waals surface area contributed by atoms with Crippen LogP contribution in [-0.4, -0.2) is 75.5 Å². The molecule has 0 amide bonds. The van der Waals surface area contributed by atoms with Gasteiger partial charge in [0.15, 0.2) is 0 Å². The molecular formula is C15H32N2O2. The van der Waals surface area contributed by atoms with E-state index in [1.165, 1.54) is 25.8 Å². The van der Waals surface area contributed by atoms with Crippen LogP contribution in [0.4, 0.5) is 0 Å². The summed E-state index contributed by atoms with van der Waals surface area (Å²) in [5.41, 5.74) is 0.